The summed E-state index contributed by atoms with van der Waals surface area (Å²) in [5.41, 5.74) is 0.943. The lowest BCUT2D eigenvalue weighted by Crippen LogP contribution is -2.51. The quantitative estimate of drug-likeness (QED) is 0.451. The van der Waals surface area contributed by atoms with Gasteiger partial charge in [0, 0.05) is 27.6 Å². The van der Waals surface area contributed by atoms with E-state index in [9.17, 15) is 18.0 Å². The third-order valence-electron chi connectivity index (χ3n) is 4.77. The molecule has 1 N–H and O–H groups in total. The summed E-state index contributed by atoms with van der Waals surface area (Å²) in [6.45, 7) is 3.61. The van der Waals surface area contributed by atoms with Crippen LogP contribution in [0.25, 0.3) is 0 Å². The Kier molecular flexibility index (Phi) is 10.0. The summed E-state index contributed by atoms with van der Waals surface area (Å²) < 4.78 is 26.8. The molecule has 2 rings (SSSR count). The molecular formula is C22H26BrCl2N3O4S. The fourth-order valence-electron chi connectivity index (χ4n) is 3.11. The zero-order valence-corrected chi connectivity index (χ0v) is 22.4. The largest absolute Gasteiger partial charge is 0.354 e. The van der Waals surface area contributed by atoms with Gasteiger partial charge in [0.1, 0.15) is 12.6 Å². The maximum atomic E-state index is 13.4. The molecule has 0 aliphatic rings. The molecule has 2 aromatic rings. The molecule has 180 valence electrons. The Bertz CT molecular complexity index is 1090. The minimum atomic E-state index is -3.86. The topological polar surface area (TPSA) is 86.8 Å². The lowest BCUT2D eigenvalue weighted by Gasteiger charge is -2.31. The van der Waals surface area contributed by atoms with E-state index in [1.165, 1.54) is 23.1 Å². The number of nitrogens with zero attached hydrogens (tertiary/aromatic N) is 2. The maximum absolute atomic E-state index is 13.4. The molecule has 1 atom stereocenters. The summed E-state index contributed by atoms with van der Waals surface area (Å²) in [6.07, 6.45) is 1.74. The SMILES string of the molecule is CCCNC(=O)[C@@H](C)N(Cc1cccc(Br)c1)C(=O)CN(c1cc(Cl)cc(Cl)c1)S(C)(=O)=O. The minimum absolute atomic E-state index is 0.118. The summed E-state index contributed by atoms with van der Waals surface area (Å²) >= 11 is 15.5. The predicted molar refractivity (Wildman–Crippen MR) is 136 cm³/mol. The normalized spacial score (nSPS) is 12.2. The predicted octanol–water partition coefficient (Wildman–Crippen LogP) is 4.47. The van der Waals surface area contributed by atoms with Gasteiger partial charge in [0.05, 0.1) is 11.9 Å². The van der Waals surface area contributed by atoms with Gasteiger partial charge in [-0.3, -0.25) is 13.9 Å². The van der Waals surface area contributed by atoms with Gasteiger partial charge >= 0.3 is 0 Å². The van der Waals surface area contributed by atoms with E-state index >= 15 is 0 Å². The fraction of sp³-hybridized carbons (Fsp3) is 0.364. The first-order chi connectivity index (χ1) is 15.4. The lowest BCUT2D eigenvalue weighted by molar-refractivity contribution is -0.139. The average Bonchev–Trinajstić information content (AvgIpc) is 2.71. The molecule has 11 heteroatoms. The van der Waals surface area contributed by atoms with Crippen molar-refractivity contribution >= 4 is 66.7 Å². The van der Waals surface area contributed by atoms with Crippen molar-refractivity contribution in [3.05, 3.63) is 62.5 Å². The van der Waals surface area contributed by atoms with Crippen LogP contribution in [0.2, 0.25) is 10.0 Å². The number of hydrogen-bond donors (Lipinski definition) is 1. The van der Waals surface area contributed by atoms with Crippen molar-refractivity contribution in [2.45, 2.75) is 32.9 Å². The molecule has 2 aromatic carbocycles. The summed E-state index contributed by atoms with van der Waals surface area (Å²) in [7, 11) is -3.86. The summed E-state index contributed by atoms with van der Waals surface area (Å²) in [4.78, 5) is 27.4. The highest BCUT2D eigenvalue weighted by atomic mass is 79.9. The van der Waals surface area contributed by atoms with Crippen molar-refractivity contribution in [1.82, 2.24) is 10.2 Å². The summed E-state index contributed by atoms with van der Waals surface area (Å²) in [5, 5.41) is 3.25. The highest BCUT2D eigenvalue weighted by molar-refractivity contribution is 9.10. The molecule has 0 aromatic heterocycles. The first-order valence-electron chi connectivity index (χ1n) is 10.2. The molecule has 2 amide bonds. The van der Waals surface area contributed by atoms with Gasteiger partial charge in [-0.1, -0.05) is 58.2 Å². The van der Waals surface area contributed by atoms with Crippen LogP contribution in [0, 0.1) is 0 Å². The van der Waals surface area contributed by atoms with Crippen molar-refractivity contribution < 1.29 is 18.0 Å². The van der Waals surface area contributed by atoms with Gasteiger partial charge in [-0.2, -0.15) is 0 Å². The molecule has 0 radical (unpaired) electrons. The molecule has 0 spiro atoms. The van der Waals surface area contributed by atoms with E-state index in [2.05, 4.69) is 21.2 Å². The van der Waals surface area contributed by atoms with E-state index in [-0.39, 0.29) is 28.2 Å². The van der Waals surface area contributed by atoms with Crippen molar-refractivity contribution in [1.29, 1.82) is 0 Å². The second-order valence-corrected chi connectivity index (χ2v) is 11.2. The second-order valence-electron chi connectivity index (χ2n) is 7.52. The van der Waals surface area contributed by atoms with Crippen LogP contribution < -0.4 is 9.62 Å². The first kappa shape index (κ1) is 27.4. The number of rotatable bonds is 10. The number of nitrogens with one attached hydrogen (secondary N) is 1. The van der Waals surface area contributed by atoms with Gasteiger partial charge in [-0.05, 0) is 49.2 Å². The van der Waals surface area contributed by atoms with E-state index in [0.29, 0.717) is 6.54 Å². The van der Waals surface area contributed by atoms with E-state index in [1.54, 1.807) is 6.92 Å². The van der Waals surface area contributed by atoms with E-state index in [1.807, 2.05) is 31.2 Å². The first-order valence-corrected chi connectivity index (χ1v) is 13.6. The van der Waals surface area contributed by atoms with Crippen molar-refractivity contribution in [2.24, 2.45) is 0 Å². The summed E-state index contributed by atoms with van der Waals surface area (Å²) in [5.74, 6) is -0.868. The van der Waals surface area contributed by atoms with Crippen LogP contribution in [-0.2, 0) is 26.2 Å². The van der Waals surface area contributed by atoms with Crippen molar-refractivity contribution in [3.8, 4) is 0 Å². The molecule has 0 fully saturated rings. The average molecular weight is 579 g/mol. The van der Waals surface area contributed by atoms with Gasteiger partial charge in [0.2, 0.25) is 21.8 Å². The van der Waals surface area contributed by atoms with Crippen LogP contribution in [0.4, 0.5) is 5.69 Å². The van der Waals surface area contributed by atoms with Gasteiger partial charge in [0.15, 0.2) is 0 Å². The third-order valence-corrected chi connectivity index (χ3v) is 6.84. The number of hydrogen-bond acceptors (Lipinski definition) is 4. The molecule has 0 saturated heterocycles. The molecular weight excluding hydrogens is 553 g/mol. The zero-order valence-electron chi connectivity index (χ0n) is 18.5. The Morgan fingerprint density at radius 2 is 1.76 bits per heavy atom. The molecule has 0 aliphatic carbocycles. The minimum Gasteiger partial charge on any atom is -0.354 e. The fourth-order valence-corrected chi connectivity index (χ4v) is 4.90. The van der Waals surface area contributed by atoms with Gasteiger partial charge in [0.25, 0.3) is 0 Å². The van der Waals surface area contributed by atoms with Crippen molar-refractivity contribution in [3.63, 3.8) is 0 Å². The number of amides is 2. The number of benzene rings is 2. The molecule has 0 saturated carbocycles. The molecule has 0 aliphatic heterocycles. The molecule has 0 unspecified atom stereocenters. The maximum Gasteiger partial charge on any atom is 0.244 e. The smallest absolute Gasteiger partial charge is 0.244 e. The second kappa shape index (κ2) is 12.1. The van der Waals surface area contributed by atoms with Crippen LogP contribution in [0.5, 0.6) is 0 Å². The Morgan fingerprint density at radius 1 is 1.12 bits per heavy atom. The Hall–Kier alpha value is -1.81. The molecule has 0 heterocycles. The number of carbonyl (C=O) groups is 2. The van der Waals surface area contributed by atoms with Crippen molar-refractivity contribution in [2.75, 3.05) is 23.7 Å². The number of carbonyl (C=O) groups excluding carboxylic acids is 2. The van der Waals surface area contributed by atoms with Gasteiger partial charge < -0.3 is 10.2 Å². The van der Waals surface area contributed by atoms with Crippen LogP contribution in [-0.4, -0.2) is 50.5 Å². The highest BCUT2D eigenvalue weighted by Crippen LogP contribution is 2.27. The Labute approximate surface area is 213 Å². The summed E-state index contributed by atoms with van der Waals surface area (Å²) in [6, 6.07) is 10.8. The van der Waals surface area contributed by atoms with Gasteiger partial charge in [-0.15, -0.1) is 0 Å². The Morgan fingerprint density at radius 3 is 2.30 bits per heavy atom. The molecule has 33 heavy (non-hydrogen) atoms. The van der Waals surface area contributed by atoms with Crippen LogP contribution in [0.3, 0.4) is 0 Å². The lowest BCUT2D eigenvalue weighted by atomic mass is 10.1. The number of sulfonamides is 1. The van der Waals surface area contributed by atoms with Gasteiger partial charge in [-0.25, -0.2) is 8.42 Å². The number of anilines is 1. The van der Waals surface area contributed by atoms with E-state index < -0.39 is 28.5 Å². The monoisotopic (exact) mass is 577 g/mol. The van der Waals surface area contributed by atoms with Crippen LogP contribution in [0.1, 0.15) is 25.8 Å². The molecule has 7 nitrogen and oxygen atoms in total. The Balaban J connectivity index is 2.40. The standard InChI is InChI=1S/C22H26BrCl2N3O4S/c1-4-8-26-22(30)15(2)27(13-16-6-5-7-17(23)9-16)21(29)14-28(33(3,31)32)20-11-18(24)10-19(25)12-20/h5-7,9-12,15H,4,8,13-14H2,1-3H3,(H,26,30)/t15-/m1/s1. The molecule has 0 bridgehead atoms. The van der Waals surface area contributed by atoms with Crippen LogP contribution in [0.15, 0.2) is 46.9 Å². The van der Waals surface area contributed by atoms with E-state index in [4.69, 9.17) is 23.2 Å². The third kappa shape index (κ3) is 8.17. The highest BCUT2D eigenvalue weighted by Gasteiger charge is 2.30. The number of halogens is 3. The zero-order chi connectivity index (χ0) is 24.8. The van der Waals surface area contributed by atoms with Crippen LogP contribution >= 0.6 is 39.1 Å². The van der Waals surface area contributed by atoms with E-state index in [0.717, 1.165) is 27.0 Å².